The minimum atomic E-state index is -4.38. The lowest BCUT2D eigenvalue weighted by molar-refractivity contribution is -0.137. The van der Waals surface area contributed by atoms with Crippen LogP contribution >= 0.6 is 0 Å². The van der Waals surface area contributed by atoms with Gasteiger partial charge in [-0.3, -0.25) is 4.99 Å². The van der Waals surface area contributed by atoms with Crippen molar-refractivity contribution in [2.45, 2.75) is 26.4 Å². The lowest BCUT2D eigenvalue weighted by Gasteiger charge is -2.15. The van der Waals surface area contributed by atoms with Crippen LogP contribution in [0.15, 0.2) is 77.8 Å². The minimum Gasteiger partial charge on any atom is -0.280 e. The van der Waals surface area contributed by atoms with Crippen LogP contribution in [0.25, 0.3) is 16.7 Å². The fraction of sp³-hybridized carbons (Fsp3) is 0.192. The van der Waals surface area contributed by atoms with Crippen LogP contribution < -0.4 is 0 Å². The number of nitrogens with zero attached hydrogens (tertiary/aromatic N) is 1. The highest BCUT2D eigenvalue weighted by Crippen LogP contribution is 2.38. The van der Waals surface area contributed by atoms with Gasteiger partial charge in [-0.25, -0.2) is 0 Å². The molecule has 0 saturated heterocycles. The summed E-state index contributed by atoms with van der Waals surface area (Å²) in [6, 6.07) is 19.6. The smallest absolute Gasteiger partial charge is 0.280 e. The molecule has 0 fully saturated rings. The molecule has 4 rings (SSSR count). The first-order chi connectivity index (χ1) is 14.4. The normalized spacial score (nSPS) is 13.9. The van der Waals surface area contributed by atoms with Crippen molar-refractivity contribution in [2.75, 3.05) is 6.54 Å². The molecule has 0 aliphatic carbocycles. The molecule has 3 aromatic rings. The van der Waals surface area contributed by atoms with E-state index in [0.29, 0.717) is 12.1 Å². The fourth-order valence-electron chi connectivity index (χ4n) is 3.97. The average Bonchev–Trinajstić information content (AvgIpc) is 3.23. The number of aliphatic imine (C=N–C) groups is 1. The predicted molar refractivity (Wildman–Crippen MR) is 117 cm³/mol. The van der Waals surface area contributed by atoms with Crippen molar-refractivity contribution < 1.29 is 13.2 Å². The molecule has 0 atom stereocenters. The molecular formula is C26H22F3N. The Bertz CT molecular complexity index is 1150. The molecule has 1 nitrogen and oxygen atoms in total. The van der Waals surface area contributed by atoms with Crippen LogP contribution in [0.2, 0.25) is 0 Å². The number of hydrogen-bond donors (Lipinski definition) is 0. The predicted octanol–water partition coefficient (Wildman–Crippen LogP) is 7.13. The van der Waals surface area contributed by atoms with E-state index in [1.165, 1.54) is 17.7 Å². The Balaban J connectivity index is 1.68. The molecule has 0 aromatic heterocycles. The van der Waals surface area contributed by atoms with E-state index in [-0.39, 0.29) is 5.56 Å². The molecule has 1 aliphatic heterocycles. The molecule has 1 aliphatic rings. The molecule has 4 heteroatoms. The van der Waals surface area contributed by atoms with Gasteiger partial charge in [0.1, 0.15) is 0 Å². The highest BCUT2D eigenvalue weighted by atomic mass is 19.4. The van der Waals surface area contributed by atoms with Crippen molar-refractivity contribution in [1.29, 1.82) is 0 Å². The van der Waals surface area contributed by atoms with Crippen LogP contribution in [0.3, 0.4) is 0 Å². The molecular weight excluding hydrogens is 383 g/mol. The summed E-state index contributed by atoms with van der Waals surface area (Å²) in [5, 5.41) is 0. The summed E-state index contributed by atoms with van der Waals surface area (Å²) >= 11 is 0. The van der Waals surface area contributed by atoms with Crippen molar-refractivity contribution in [3.8, 4) is 11.1 Å². The third-order valence-corrected chi connectivity index (χ3v) is 5.52. The highest BCUT2D eigenvalue weighted by molar-refractivity contribution is 6.15. The van der Waals surface area contributed by atoms with E-state index < -0.39 is 11.7 Å². The quantitative estimate of drug-likeness (QED) is 0.438. The molecule has 0 spiro atoms. The van der Waals surface area contributed by atoms with Gasteiger partial charge < -0.3 is 0 Å². The van der Waals surface area contributed by atoms with Gasteiger partial charge in [-0.1, -0.05) is 67.6 Å². The van der Waals surface area contributed by atoms with Gasteiger partial charge in [0.05, 0.1) is 17.8 Å². The first kappa shape index (κ1) is 20.1. The standard InChI is InChI=1S/C26H22F3N/c1-3-18-8-4-5-9-22(18)25-15-20(16-30-25)19-12-13-21(17(2)14-19)23-10-6-7-11-24(23)26(27,28)29/h4-15H,3,16H2,1-2H3. The van der Waals surface area contributed by atoms with E-state index in [1.807, 2.05) is 31.2 Å². The number of rotatable bonds is 4. The number of alkyl halides is 3. The van der Waals surface area contributed by atoms with Crippen LogP contribution in [0.1, 0.15) is 34.7 Å². The van der Waals surface area contributed by atoms with Crippen LogP contribution in [0.5, 0.6) is 0 Å². The number of halogens is 3. The van der Waals surface area contributed by atoms with Gasteiger partial charge in [-0.05, 0) is 58.9 Å². The Morgan fingerprint density at radius 2 is 1.57 bits per heavy atom. The zero-order valence-corrected chi connectivity index (χ0v) is 16.9. The fourth-order valence-corrected chi connectivity index (χ4v) is 3.97. The molecule has 0 bridgehead atoms. The monoisotopic (exact) mass is 405 g/mol. The second kappa shape index (κ2) is 7.94. The third kappa shape index (κ3) is 3.82. The Labute approximate surface area is 174 Å². The Morgan fingerprint density at radius 1 is 0.867 bits per heavy atom. The Kier molecular flexibility index (Phi) is 5.33. The molecule has 0 radical (unpaired) electrons. The first-order valence-corrected chi connectivity index (χ1v) is 9.99. The number of aryl methyl sites for hydroxylation is 2. The van der Waals surface area contributed by atoms with Gasteiger partial charge in [0.2, 0.25) is 0 Å². The molecule has 0 unspecified atom stereocenters. The lowest BCUT2D eigenvalue weighted by Crippen LogP contribution is -2.07. The van der Waals surface area contributed by atoms with Gasteiger partial charge in [0.15, 0.2) is 0 Å². The van der Waals surface area contributed by atoms with Crippen LogP contribution in [0.4, 0.5) is 13.2 Å². The van der Waals surface area contributed by atoms with Crippen molar-refractivity contribution in [1.82, 2.24) is 0 Å². The highest BCUT2D eigenvalue weighted by Gasteiger charge is 2.33. The van der Waals surface area contributed by atoms with E-state index in [9.17, 15) is 13.2 Å². The summed E-state index contributed by atoms with van der Waals surface area (Å²) in [5.74, 6) is 0. The molecule has 3 aromatic carbocycles. The van der Waals surface area contributed by atoms with Gasteiger partial charge in [0, 0.05) is 5.56 Å². The van der Waals surface area contributed by atoms with E-state index in [2.05, 4.69) is 25.1 Å². The van der Waals surface area contributed by atoms with Crippen molar-refractivity contribution in [3.63, 3.8) is 0 Å². The number of hydrogen-bond acceptors (Lipinski definition) is 1. The molecule has 0 N–H and O–H groups in total. The van der Waals surface area contributed by atoms with Gasteiger partial charge in [0.25, 0.3) is 0 Å². The van der Waals surface area contributed by atoms with E-state index in [1.54, 1.807) is 12.1 Å². The van der Waals surface area contributed by atoms with Crippen molar-refractivity contribution in [3.05, 3.63) is 101 Å². The summed E-state index contributed by atoms with van der Waals surface area (Å²) in [6.45, 7) is 4.56. The maximum atomic E-state index is 13.4. The van der Waals surface area contributed by atoms with Crippen LogP contribution in [0, 0.1) is 6.92 Å². The average molecular weight is 405 g/mol. The summed E-state index contributed by atoms with van der Waals surface area (Å²) in [6.07, 6.45) is -1.36. The van der Waals surface area contributed by atoms with Gasteiger partial charge in [-0.2, -0.15) is 13.2 Å². The largest absolute Gasteiger partial charge is 0.417 e. The summed E-state index contributed by atoms with van der Waals surface area (Å²) in [4.78, 5) is 4.70. The second-order valence-corrected chi connectivity index (χ2v) is 7.45. The summed E-state index contributed by atoms with van der Waals surface area (Å²) in [5.41, 5.74) is 6.45. The van der Waals surface area contributed by atoms with Gasteiger partial charge >= 0.3 is 6.18 Å². The Morgan fingerprint density at radius 3 is 2.27 bits per heavy atom. The SMILES string of the molecule is CCc1ccccc1C1=NCC(c2ccc(-c3ccccc3C(F)(F)F)c(C)c2)=C1. The summed E-state index contributed by atoms with van der Waals surface area (Å²) in [7, 11) is 0. The number of benzene rings is 3. The molecule has 1 heterocycles. The van der Waals surface area contributed by atoms with Crippen LogP contribution in [-0.2, 0) is 12.6 Å². The zero-order valence-electron chi connectivity index (χ0n) is 16.9. The van der Waals surface area contributed by atoms with E-state index in [0.717, 1.165) is 40.5 Å². The van der Waals surface area contributed by atoms with Crippen LogP contribution in [-0.4, -0.2) is 12.3 Å². The zero-order chi connectivity index (χ0) is 21.3. The van der Waals surface area contributed by atoms with Crippen molar-refractivity contribution >= 4 is 11.3 Å². The van der Waals surface area contributed by atoms with Gasteiger partial charge in [-0.15, -0.1) is 0 Å². The second-order valence-electron chi connectivity index (χ2n) is 7.45. The van der Waals surface area contributed by atoms with Crippen molar-refractivity contribution in [2.24, 2.45) is 4.99 Å². The molecule has 0 amide bonds. The molecule has 0 saturated carbocycles. The van der Waals surface area contributed by atoms with E-state index >= 15 is 0 Å². The summed E-state index contributed by atoms with van der Waals surface area (Å²) < 4.78 is 40.3. The molecule has 30 heavy (non-hydrogen) atoms. The first-order valence-electron chi connectivity index (χ1n) is 9.99. The minimum absolute atomic E-state index is 0.211. The van der Waals surface area contributed by atoms with E-state index in [4.69, 9.17) is 4.99 Å². The number of allylic oxidation sites excluding steroid dienone is 1. The topological polar surface area (TPSA) is 12.4 Å². The Hall–Kier alpha value is -3.14. The third-order valence-electron chi connectivity index (χ3n) is 5.52. The maximum Gasteiger partial charge on any atom is 0.417 e. The molecule has 152 valence electrons. The lowest BCUT2D eigenvalue weighted by atomic mass is 9.92. The maximum absolute atomic E-state index is 13.4.